The summed E-state index contributed by atoms with van der Waals surface area (Å²) in [5.41, 5.74) is 0. The monoisotopic (exact) mass is 102 g/mol. The van der Waals surface area contributed by atoms with E-state index >= 15 is 0 Å². The van der Waals surface area contributed by atoms with Gasteiger partial charge in [-0.2, -0.15) is 0 Å². The highest BCUT2D eigenvalue weighted by atomic mass is 16.5. The van der Waals surface area contributed by atoms with Gasteiger partial charge in [-0.25, -0.2) is 0 Å². The van der Waals surface area contributed by atoms with Gasteiger partial charge >= 0.3 is 0 Å². The molecule has 1 aliphatic rings. The van der Waals surface area contributed by atoms with Gasteiger partial charge in [0.1, 0.15) is 0 Å². The van der Waals surface area contributed by atoms with Crippen molar-refractivity contribution in [3.05, 3.63) is 0 Å². The maximum Gasteiger partial charge on any atom is 0.0859 e. The molecule has 1 rings (SSSR count). The molecule has 1 saturated carbocycles. The highest BCUT2D eigenvalue weighted by Crippen LogP contribution is 2.26. The van der Waals surface area contributed by atoms with Crippen LogP contribution in [-0.2, 0) is 9.47 Å². The first-order chi connectivity index (χ1) is 3.38. The zero-order chi connectivity index (χ0) is 5.28. The summed E-state index contributed by atoms with van der Waals surface area (Å²) in [5.74, 6) is 0. The van der Waals surface area contributed by atoms with Gasteiger partial charge in [0.15, 0.2) is 0 Å². The van der Waals surface area contributed by atoms with Crippen LogP contribution in [0.25, 0.3) is 0 Å². The summed E-state index contributed by atoms with van der Waals surface area (Å²) in [6.45, 7) is 0. The van der Waals surface area contributed by atoms with Crippen LogP contribution >= 0.6 is 0 Å². The first-order valence-corrected chi connectivity index (χ1v) is 2.44. The highest BCUT2D eigenvalue weighted by molar-refractivity contribution is 4.88. The van der Waals surface area contributed by atoms with Gasteiger partial charge < -0.3 is 9.47 Å². The van der Waals surface area contributed by atoms with Gasteiger partial charge in [-0.15, -0.1) is 0 Å². The molecule has 0 bridgehead atoms. The fourth-order valence-electron chi connectivity index (χ4n) is 0.646. The topological polar surface area (TPSA) is 18.5 Å². The van der Waals surface area contributed by atoms with Crippen molar-refractivity contribution in [2.45, 2.75) is 18.6 Å². The molecule has 2 heteroatoms. The summed E-state index contributed by atoms with van der Waals surface area (Å²) >= 11 is 0. The summed E-state index contributed by atoms with van der Waals surface area (Å²) in [6.07, 6.45) is 1.86. The third kappa shape index (κ3) is 0.924. The maximum atomic E-state index is 4.94. The molecule has 0 N–H and O–H groups in total. The van der Waals surface area contributed by atoms with Crippen molar-refractivity contribution in [1.29, 1.82) is 0 Å². The maximum absolute atomic E-state index is 4.94. The van der Waals surface area contributed by atoms with Crippen molar-refractivity contribution in [1.82, 2.24) is 0 Å². The molecule has 42 valence electrons. The quantitative estimate of drug-likeness (QED) is 0.503. The molecule has 0 aliphatic heterocycles. The Morgan fingerprint density at radius 3 is 1.71 bits per heavy atom. The van der Waals surface area contributed by atoms with Gasteiger partial charge in [-0.1, -0.05) is 0 Å². The largest absolute Gasteiger partial charge is 0.379 e. The van der Waals surface area contributed by atoms with Crippen LogP contribution in [0, 0.1) is 0 Å². The molecule has 0 radical (unpaired) electrons. The predicted octanol–water partition coefficient (Wildman–Crippen LogP) is 0.420. The van der Waals surface area contributed by atoms with E-state index in [0.717, 1.165) is 6.42 Å². The second-order valence-corrected chi connectivity index (χ2v) is 1.78. The summed E-state index contributed by atoms with van der Waals surface area (Å²) in [7, 11) is 3.42. The summed E-state index contributed by atoms with van der Waals surface area (Å²) < 4.78 is 9.88. The Morgan fingerprint density at radius 1 is 1.14 bits per heavy atom. The van der Waals surface area contributed by atoms with Crippen LogP contribution in [0.5, 0.6) is 0 Å². The van der Waals surface area contributed by atoms with Crippen molar-refractivity contribution in [3.8, 4) is 0 Å². The van der Waals surface area contributed by atoms with E-state index in [1.54, 1.807) is 14.2 Å². The summed E-state index contributed by atoms with van der Waals surface area (Å²) in [4.78, 5) is 0. The minimum absolute atomic E-state index is 0.394. The van der Waals surface area contributed by atoms with E-state index in [9.17, 15) is 0 Å². The molecular weight excluding hydrogens is 92.1 g/mol. The van der Waals surface area contributed by atoms with Gasteiger partial charge in [0.05, 0.1) is 12.2 Å². The molecule has 0 saturated heterocycles. The Balaban J connectivity index is 2.06. The number of ether oxygens (including phenoxy) is 2. The summed E-state index contributed by atoms with van der Waals surface area (Å²) in [5, 5.41) is 0. The minimum Gasteiger partial charge on any atom is -0.379 e. The number of rotatable bonds is 2. The average molecular weight is 102 g/mol. The van der Waals surface area contributed by atoms with Crippen LogP contribution in [0.2, 0.25) is 0 Å². The lowest BCUT2D eigenvalue weighted by Gasteiger charge is -1.90. The van der Waals surface area contributed by atoms with Gasteiger partial charge in [-0.3, -0.25) is 0 Å². The van der Waals surface area contributed by atoms with Crippen molar-refractivity contribution in [3.63, 3.8) is 0 Å². The van der Waals surface area contributed by atoms with Crippen LogP contribution in [0.15, 0.2) is 0 Å². The molecule has 1 fully saturated rings. The van der Waals surface area contributed by atoms with E-state index in [-0.39, 0.29) is 0 Å². The van der Waals surface area contributed by atoms with Gasteiger partial charge in [0.25, 0.3) is 0 Å². The number of hydrogen-bond acceptors (Lipinski definition) is 2. The smallest absolute Gasteiger partial charge is 0.0859 e. The molecule has 0 heterocycles. The Labute approximate surface area is 43.4 Å². The van der Waals surface area contributed by atoms with Crippen LogP contribution in [0.4, 0.5) is 0 Å². The molecule has 2 nitrogen and oxygen atoms in total. The molecule has 0 aromatic carbocycles. The van der Waals surface area contributed by atoms with Gasteiger partial charge in [0.2, 0.25) is 0 Å². The lowest BCUT2D eigenvalue weighted by atomic mass is 10.8. The fourth-order valence-corrected chi connectivity index (χ4v) is 0.646. The molecule has 0 aromatic heterocycles. The first-order valence-electron chi connectivity index (χ1n) is 2.44. The van der Waals surface area contributed by atoms with E-state index in [1.165, 1.54) is 0 Å². The molecular formula is C5H10O2. The van der Waals surface area contributed by atoms with Crippen LogP contribution < -0.4 is 0 Å². The zero-order valence-electron chi connectivity index (χ0n) is 4.68. The zero-order valence-corrected chi connectivity index (χ0v) is 4.68. The third-order valence-corrected chi connectivity index (χ3v) is 1.28. The molecule has 0 unspecified atom stereocenters. The SMILES string of the molecule is CO[C@H]1C[C@H]1OC. The van der Waals surface area contributed by atoms with Crippen LogP contribution in [0.3, 0.4) is 0 Å². The predicted molar refractivity (Wildman–Crippen MR) is 26.2 cm³/mol. The Morgan fingerprint density at radius 2 is 1.57 bits per heavy atom. The second kappa shape index (κ2) is 1.80. The van der Waals surface area contributed by atoms with Crippen molar-refractivity contribution < 1.29 is 9.47 Å². The third-order valence-electron chi connectivity index (χ3n) is 1.28. The molecule has 0 aromatic rings. The summed E-state index contributed by atoms with van der Waals surface area (Å²) in [6, 6.07) is 0. The van der Waals surface area contributed by atoms with E-state index in [2.05, 4.69) is 0 Å². The highest BCUT2D eigenvalue weighted by Gasteiger charge is 2.37. The van der Waals surface area contributed by atoms with Gasteiger partial charge in [-0.05, 0) is 0 Å². The van der Waals surface area contributed by atoms with Crippen LogP contribution in [-0.4, -0.2) is 26.4 Å². The first kappa shape index (κ1) is 5.06. The Bertz CT molecular complexity index is 55.1. The van der Waals surface area contributed by atoms with Crippen molar-refractivity contribution in [2.24, 2.45) is 0 Å². The minimum atomic E-state index is 0.394. The van der Waals surface area contributed by atoms with E-state index < -0.39 is 0 Å². The standard InChI is InChI=1S/C5H10O2/c1-6-4-3-5(4)7-2/h4-5H,3H2,1-2H3/t4-,5+. The van der Waals surface area contributed by atoms with Crippen molar-refractivity contribution in [2.75, 3.05) is 14.2 Å². The van der Waals surface area contributed by atoms with E-state index in [0.29, 0.717) is 12.2 Å². The Hall–Kier alpha value is -0.0800. The lowest BCUT2D eigenvalue weighted by Crippen LogP contribution is -1.96. The van der Waals surface area contributed by atoms with Gasteiger partial charge in [0, 0.05) is 20.6 Å². The average Bonchev–Trinajstić information content (AvgIpc) is 2.43. The molecule has 2 atom stereocenters. The van der Waals surface area contributed by atoms with Crippen molar-refractivity contribution >= 4 is 0 Å². The normalized spacial score (nSPS) is 38.6. The number of methoxy groups -OCH3 is 2. The lowest BCUT2D eigenvalue weighted by molar-refractivity contribution is 0.0972. The van der Waals surface area contributed by atoms with E-state index in [4.69, 9.17) is 9.47 Å². The molecule has 0 spiro atoms. The molecule has 1 aliphatic carbocycles. The molecule has 7 heavy (non-hydrogen) atoms. The molecule has 0 amide bonds. The van der Waals surface area contributed by atoms with E-state index in [1.807, 2.05) is 0 Å². The fraction of sp³-hybridized carbons (Fsp3) is 1.00. The van der Waals surface area contributed by atoms with Crippen LogP contribution in [0.1, 0.15) is 6.42 Å². The second-order valence-electron chi connectivity index (χ2n) is 1.78. The number of hydrogen-bond donors (Lipinski definition) is 0. The Kier molecular flexibility index (Phi) is 1.30.